The second kappa shape index (κ2) is 5.43. The van der Waals surface area contributed by atoms with Gasteiger partial charge in [-0.15, -0.1) is 6.42 Å². The van der Waals surface area contributed by atoms with Crippen molar-refractivity contribution in [1.29, 1.82) is 0 Å². The van der Waals surface area contributed by atoms with Crippen LogP contribution in [-0.2, 0) is 6.54 Å². The Balaban J connectivity index is 2.23. The summed E-state index contributed by atoms with van der Waals surface area (Å²) in [4.78, 5) is 0. The normalized spacial score (nSPS) is 14.6. The van der Waals surface area contributed by atoms with Crippen molar-refractivity contribution >= 4 is 0 Å². The molecule has 4 nitrogen and oxygen atoms in total. The average molecular weight is 193 g/mol. The van der Waals surface area contributed by atoms with Crippen LogP contribution < -0.4 is 5.32 Å². The van der Waals surface area contributed by atoms with Gasteiger partial charge >= 0.3 is 0 Å². The maximum atomic E-state index is 9.57. The number of hydrogen-bond donors (Lipinski definition) is 2. The lowest BCUT2D eigenvalue weighted by Gasteiger charge is -2.13. The summed E-state index contributed by atoms with van der Waals surface area (Å²) in [6.07, 6.45) is 8.21. The largest absolute Gasteiger partial charge is 0.390 e. The Morgan fingerprint density at radius 3 is 3.07 bits per heavy atom. The summed E-state index contributed by atoms with van der Waals surface area (Å²) < 4.78 is 1.69. The van der Waals surface area contributed by atoms with Gasteiger partial charge in [0.05, 0.1) is 18.7 Å². The first-order valence-corrected chi connectivity index (χ1v) is 4.57. The van der Waals surface area contributed by atoms with Gasteiger partial charge in [0.15, 0.2) is 0 Å². The van der Waals surface area contributed by atoms with Crippen molar-refractivity contribution in [3.63, 3.8) is 0 Å². The number of rotatable bonds is 5. The van der Waals surface area contributed by atoms with Crippen molar-refractivity contribution in [1.82, 2.24) is 15.1 Å². The van der Waals surface area contributed by atoms with Gasteiger partial charge in [-0.25, -0.2) is 0 Å². The molecule has 2 unspecified atom stereocenters. The fraction of sp³-hybridized carbons (Fsp3) is 0.500. The Kier molecular flexibility index (Phi) is 4.17. The van der Waals surface area contributed by atoms with Gasteiger partial charge in [-0.05, 0) is 13.0 Å². The molecule has 76 valence electrons. The second-order valence-electron chi connectivity index (χ2n) is 3.18. The zero-order chi connectivity index (χ0) is 10.4. The number of aliphatic hydroxyl groups excluding tert-OH is 1. The summed E-state index contributed by atoms with van der Waals surface area (Å²) in [6.45, 7) is 2.84. The number of aliphatic hydroxyl groups is 1. The van der Waals surface area contributed by atoms with E-state index in [0.29, 0.717) is 13.1 Å². The molecule has 1 rings (SSSR count). The van der Waals surface area contributed by atoms with Crippen LogP contribution in [0.3, 0.4) is 0 Å². The Bertz CT molecular complexity index is 289. The third-order valence-corrected chi connectivity index (χ3v) is 1.87. The van der Waals surface area contributed by atoms with Gasteiger partial charge in [-0.3, -0.25) is 4.68 Å². The van der Waals surface area contributed by atoms with E-state index in [1.807, 2.05) is 19.2 Å². The van der Waals surface area contributed by atoms with Crippen LogP contribution in [0.5, 0.6) is 0 Å². The van der Waals surface area contributed by atoms with E-state index in [9.17, 15) is 5.11 Å². The fourth-order valence-corrected chi connectivity index (χ4v) is 1.06. The number of nitrogens with one attached hydrogen (secondary N) is 1. The summed E-state index contributed by atoms with van der Waals surface area (Å²) in [5.74, 6) is 2.53. The molecule has 1 aromatic heterocycles. The van der Waals surface area contributed by atoms with Gasteiger partial charge in [0.1, 0.15) is 0 Å². The molecule has 0 aliphatic rings. The summed E-state index contributed by atoms with van der Waals surface area (Å²) in [6, 6.07) is 1.81. The number of nitrogens with zero attached hydrogens (tertiary/aromatic N) is 2. The van der Waals surface area contributed by atoms with Crippen molar-refractivity contribution < 1.29 is 5.11 Å². The summed E-state index contributed by atoms with van der Waals surface area (Å²) in [5.41, 5.74) is 0. The van der Waals surface area contributed by atoms with Crippen molar-refractivity contribution in [2.24, 2.45) is 0 Å². The highest BCUT2D eigenvalue weighted by molar-refractivity contribution is 4.95. The van der Waals surface area contributed by atoms with Crippen LogP contribution in [0.4, 0.5) is 0 Å². The van der Waals surface area contributed by atoms with Gasteiger partial charge in [0, 0.05) is 18.9 Å². The predicted octanol–water partition coefficient (Wildman–Crippen LogP) is -0.145. The van der Waals surface area contributed by atoms with Crippen LogP contribution in [0.2, 0.25) is 0 Å². The van der Waals surface area contributed by atoms with E-state index in [4.69, 9.17) is 6.42 Å². The first-order chi connectivity index (χ1) is 6.72. The van der Waals surface area contributed by atoms with Gasteiger partial charge in [0.2, 0.25) is 0 Å². The number of terminal acetylenes is 1. The first-order valence-electron chi connectivity index (χ1n) is 4.57. The topological polar surface area (TPSA) is 50.1 Å². The lowest BCUT2D eigenvalue weighted by molar-refractivity contribution is 0.145. The molecule has 0 fully saturated rings. The third-order valence-electron chi connectivity index (χ3n) is 1.87. The van der Waals surface area contributed by atoms with Crippen molar-refractivity contribution in [3.8, 4) is 12.3 Å². The Morgan fingerprint density at radius 2 is 2.50 bits per heavy atom. The highest BCUT2D eigenvalue weighted by Crippen LogP contribution is 1.90. The molecule has 0 aliphatic carbocycles. The molecule has 0 aromatic carbocycles. The van der Waals surface area contributed by atoms with E-state index in [0.717, 1.165) is 0 Å². The minimum atomic E-state index is -0.467. The quantitative estimate of drug-likeness (QED) is 0.640. The summed E-state index contributed by atoms with van der Waals surface area (Å²) in [7, 11) is 0. The van der Waals surface area contributed by atoms with Crippen molar-refractivity contribution in [2.45, 2.75) is 25.6 Å². The monoisotopic (exact) mass is 193 g/mol. The molecule has 2 atom stereocenters. The Hall–Kier alpha value is -1.31. The lowest BCUT2D eigenvalue weighted by atomic mass is 10.3. The van der Waals surface area contributed by atoms with Crippen LogP contribution in [0, 0.1) is 12.3 Å². The highest BCUT2D eigenvalue weighted by atomic mass is 16.3. The molecule has 0 saturated heterocycles. The minimum Gasteiger partial charge on any atom is -0.390 e. The number of hydrogen-bond acceptors (Lipinski definition) is 3. The molecular weight excluding hydrogens is 178 g/mol. The molecule has 14 heavy (non-hydrogen) atoms. The minimum absolute atomic E-state index is 0.0118. The standard InChI is InChI=1S/C10H15N3O/c1-3-9(2)11-7-10(14)8-13-6-4-5-12-13/h1,4-6,9-11,14H,7-8H2,2H3. The van der Waals surface area contributed by atoms with Crippen molar-refractivity contribution in [3.05, 3.63) is 18.5 Å². The van der Waals surface area contributed by atoms with Crippen LogP contribution >= 0.6 is 0 Å². The maximum absolute atomic E-state index is 9.57. The second-order valence-corrected chi connectivity index (χ2v) is 3.18. The van der Waals surface area contributed by atoms with Gasteiger partial charge in [-0.1, -0.05) is 5.92 Å². The molecule has 0 spiro atoms. The Morgan fingerprint density at radius 1 is 1.71 bits per heavy atom. The van der Waals surface area contributed by atoms with Crippen LogP contribution in [0.25, 0.3) is 0 Å². The number of aromatic nitrogens is 2. The average Bonchev–Trinajstić information content (AvgIpc) is 2.66. The predicted molar refractivity (Wildman–Crippen MR) is 54.5 cm³/mol. The van der Waals surface area contributed by atoms with Gasteiger partial charge < -0.3 is 10.4 Å². The van der Waals surface area contributed by atoms with E-state index in [-0.39, 0.29) is 6.04 Å². The zero-order valence-corrected chi connectivity index (χ0v) is 8.22. The molecule has 1 aromatic rings. The molecule has 2 N–H and O–H groups in total. The maximum Gasteiger partial charge on any atom is 0.0860 e. The van der Waals surface area contributed by atoms with Gasteiger partial charge in [-0.2, -0.15) is 5.10 Å². The zero-order valence-electron chi connectivity index (χ0n) is 8.22. The Labute approximate surface area is 83.9 Å². The van der Waals surface area contributed by atoms with E-state index in [2.05, 4.69) is 16.3 Å². The molecule has 0 amide bonds. The highest BCUT2D eigenvalue weighted by Gasteiger charge is 2.05. The third kappa shape index (κ3) is 3.60. The lowest BCUT2D eigenvalue weighted by Crippen LogP contribution is -2.35. The summed E-state index contributed by atoms with van der Waals surface area (Å²) >= 11 is 0. The molecular formula is C10H15N3O. The van der Waals surface area contributed by atoms with Crippen molar-refractivity contribution in [2.75, 3.05) is 6.54 Å². The van der Waals surface area contributed by atoms with Crippen LogP contribution in [0.1, 0.15) is 6.92 Å². The SMILES string of the molecule is C#CC(C)NCC(O)Cn1cccn1. The van der Waals surface area contributed by atoms with Gasteiger partial charge in [0.25, 0.3) is 0 Å². The van der Waals surface area contributed by atoms with Crippen LogP contribution in [0.15, 0.2) is 18.5 Å². The fourth-order valence-electron chi connectivity index (χ4n) is 1.06. The van der Waals surface area contributed by atoms with E-state index < -0.39 is 6.10 Å². The molecule has 0 aliphatic heterocycles. The molecule has 0 saturated carbocycles. The molecule has 4 heteroatoms. The van der Waals surface area contributed by atoms with Crippen LogP contribution in [-0.4, -0.2) is 33.6 Å². The smallest absolute Gasteiger partial charge is 0.0860 e. The molecule has 1 heterocycles. The van der Waals surface area contributed by atoms with E-state index in [1.54, 1.807) is 10.9 Å². The van der Waals surface area contributed by atoms with E-state index >= 15 is 0 Å². The molecule has 0 bridgehead atoms. The first kappa shape index (κ1) is 10.8. The van der Waals surface area contributed by atoms with E-state index in [1.165, 1.54) is 0 Å². The summed E-state index contributed by atoms with van der Waals surface area (Å²) in [5, 5.41) is 16.6. The molecule has 0 radical (unpaired) electrons.